The first kappa shape index (κ1) is 16.2. The largest absolute Gasteiger partial charge is 0.493 e. The summed E-state index contributed by atoms with van der Waals surface area (Å²) >= 11 is 3.35. The van der Waals surface area contributed by atoms with E-state index in [0.717, 1.165) is 4.47 Å². The molecular weight excluding hydrogens is 346 g/mol. The molecule has 22 heavy (non-hydrogen) atoms. The number of rotatable bonds is 5. The average molecular weight is 362 g/mol. The zero-order valence-electron chi connectivity index (χ0n) is 12.4. The molecule has 1 amide bonds. The Kier molecular flexibility index (Phi) is 5.33. The molecule has 0 unspecified atom stereocenters. The molecule has 0 bridgehead atoms. The smallest absolute Gasteiger partial charge is 0.259 e. The zero-order valence-corrected chi connectivity index (χ0v) is 13.9. The fraction of sp³-hybridized carbons (Fsp3) is 0.176. The van der Waals surface area contributed by atoms with Crippen LogP contribution in [-0.2, 0) is 0 Å². The molecular formula is C17H16BrNO3. The fourth-order valence-electron chi connectivity index (χ4n) is 1.95. The first-order valence-corrected chi connectivity index (χ1v) is 7.65. The van der Waals surface area contributed by atoms with Gasteiger partial charge in [-0.2, -0.15) is 0 Å². The van der Waals surface area contributed by atoms with Gasteiger partial charge in [-0.05, 0) is 56.3 Å². The minimum atomic E-state index is -0.264. The Hall–Kier alpha value is -2.14. The summed E-state index contributed by atoms with van der Waals surface area (Å²) in [6.07, 6.45) is 0. The van der Waals surface area contributed by atoms with Gasteiger partial charge in [-0.1, -0.05) is 15.9 Å². The van der Waals surface area contributed by atoms with Gasteiger partial charge in [0.25, 0.3) is 5.91 Å². The van der Waals surface area contributed by atoms with Gasteiger partial charge in [0.1, 0.15) is 5.75 Å². The van der Waals surface area contributed by atoms with Gasteiger partial charge < -0.3 is 10.1 Å². The van der Waals surface area contributed by atoms with Gasteiger partial charge in [0, 0.05) is 15.7 Å². The number of carbonyl (C=O) groups excluding carboxylic acids is 2. The molecule has 4 nitrogen and oxygen atoms in total. The number of benzene rings is 2. The second-order valence-corrected chi connectivity index (χ2v) is 5.58. The van der Waals surface area contributed by atoms with Crippen LogP contribution in [0.4, 0.5) is 5.69 Å². The molecule has 2 aromatic carbocycles. The van der Waals surface area contributed by atoms with Crippen LogP contribution in [0.15, 0.2) is 46.9 Å². The molecule has 1 N–H and O–H groups in total. The van der Waals surface area contributed by atoms with Gasteiger partial charge >= 0.3 is 0 Å². The van der Waals surface area contributed by atoms with E-state index in [-0.39, 0.29) is 11.7 Å². The number of anilines is 1. The maximum absolute atomic E-state index is 12.4. The first-order valence-electron chi connectivity index (χ1n) is 6.86. The molecule has 0 aliphatic heterocycles. The second kappa shape index (κ2) is 7.22. The summed E-state index contributed by atoms with van der Waals surface area (Å²) in [7, 11) is 0. The Morgan fingerprint density at radius 3 is 2.41 bits per heavy atom. The van der Waals surface area contributed by atoms with E-state index in [2.05, 4.69) is 21.2 Å². The molecule has 0 radical (unpaired) electrons. The van der Waals surface area contributed by atoms with Crippen LogP contribution >= 0.6 is 15.9 Å². The number of hydrogen-bond acceptors (Lipinski definition) is 3. The highest BCUT2D eigenvalue weighted by atomic mass is 79.9. The lowest BCUT2D eigenvalue weighted by molar-refractivity contribution is 0.101. The third-order valence-corrected chi connectivity index (χ3v) is 3.53. The third-order valence-electron chi connectivity index (χ3n) is 3.04. The molecule has 114 valence electrons. The summed E-state index contributed by atoms with van der Waals surface area (Å²) < 4.78 is 6.27. The monoisotopic (exact) mass is 361 g/mol. The van der Waals surface area contributed by atoms with Gasteiger partial charge in [-0.15, -0.1) is 0 Å². The summed E-state index contributed by atoms with van der Waals surface area (Å²) in [6.45, 7) is 3.85. The third kappa shape index (κ3) is 3.95. The summed E-state index contributed by atoms with van der Waals surface area (Å²) in [4.78, 5) is 23.6. The number of amides is 1. The van der Waals surface area contributed by atoms with Crippen LogP contribution in [0.1, 0.15) is 34.6 Å². The van der Waals surface area contributed by atoms with Crippen LogP contribution in [0.25, 0.3) is 0 Å². The van der Waals surface area contributed by atoms with Crippen molar-refractivity contribution in [1.29, 1.82) is 0 Å². The molecule has 0 heterocycles. The van der Waals surface area contributed by atoms with Crippen LogP contribution in [0, 0.1) is 0 Å². The van der Waals surface area contributed by atoms with Crippen LogP contribution in [0.5, 0.6) is 5.75 Å². The Balaban J connectivity index is 2.21. The predicted molar refractivity (Wildman–Crippen MR) is 89.7 cm³/mol. The number of carbonyl (C=O) groups is 2. The summed E-state index contributed by atoms with van der Waals surface area (Å²) in [5, 5.41) is 2.80. The summed E-state index contributed by atoms with van der Waals surface area (Å²) in [5.74, 6) is 0.257. The maximum Gasteiger partial charge on any atom is 0.259 e. The minimum Gasteiger partial charge on any atom is -0.493 e. The Bertz CT molecular complexity index is 696. The van der Waals surface area contributed by atoms with Crippen LogP contribution in [0.2, 0.25) is 0 Å². The molecule has 0 aliphatic rings. The lowest BCUT2D eigenvalue weighted by atomic mass is 10.1. The molecule has 2 rings (SSSR count). The lowest BCUT2D eigenvalue weighted by Crippen LogP contribution is -2.14. The van der Waals surface area contributed by atoms with Crippen molar-refractivity contribution in [2.75, 3.05) is 11.9 Å². The standard InChI is InChI=1S/C17H16BrNO3/c1-3-22-16-9-6-13(18)10-15(16)17(21)19-14-7-4-12(5-8-14)11(2)20/h4-10H,3H2,1-2H3,(H,19,21). The van der Waals surface area contributed by atoms with Crippen LogP contribution in [0.3, 0.4) is 0 Å². The van der Waals surface area contributed by atoms with Gasteiger partial charge in [-0.25, -0.2) is 0 Å². The van der Waals surface area contributed by atoms with E-state index >= 15 is 0 Å². The summed E-state index contributed by atoms with van der Waals surface area (Å²) in [6, 6.07) is 12.1. The average Bonchev–Trinajstić information content (AvgIpc) is 2.49. The van der Waals surface area contributed by atoms with E-state index in [0.29, 0.717) is 29.2 Å². The van der Waals surface area contributed by atoms with Crippen molar-refractivity contribution in [2.24, 2.45) is 0 Å². The molecule has 0 saturated carbocycles. The topological polar surface area (TPSA) is 55.4 Å². The number of ketones is 1. The first-order chi connectivity index (χ1) is 10.5. The van der Waals surface area contributed by atoms with Crippen molar-refractivity contribution < 1.29 is 14.3 Å². The van der Waals surface area contributed by atoms with Crippen molar-refractivity contribution in [1.82, 2.24) is 0 Å². The SMILES string of the molecule is CCOc1ccc(Br)cc1C(=O)Nc1ccc(C(C)=O)cc1. The van der Waals surface area contributed by atoms with Gasteiger partial charge in [0.05, 0.1) is 12.2 Å². The molecule has 0 atom stereocenters. The number of hydrogen-bond donors (Lipinski definition) is 1. The van der Waals surface area contributed by atoms with Crippen LogP contribution in [-0.4, -0.2) is 18.3 Å². The van der Waals surface area contributed by atoms with E-state index in [1.165, 1.54) is 6.92 Å². The molecule has 0 aliphatic carbocycles. The van der Waals surface area contributed by atoms with Gasteiger partial charge in [-0.3, -0.25) is 9.59 Å². The number of ether oxygens (including phenoxy) is 1. The summed E-state index contributed by atoms with van der Waals surface area (Å²) in [5.41, 5.74) is 1.68. The highest BCUT2D eigenvalue weighted by Gasteiger charge is 2.13. The minimum absolute atomic E-state index is 0.0106. The lowest BCUT2D eigenvalue weighted by Gasteiger charge is -2.11. The highest BCUT2D eigenvalue weighted by Crippen LogP contribution is 2.24. The molecule has 0 fully saturated rings. The van der Waals surface area contributed by atoms with Gasteiger partial charge in [0.2, 0.25) is 0 Å². The molecule has 0 saturated heterocycles. The molecule has 0 spiro atoms. The van der Waals surface area contributed by atoms with Gasteiger partial charge in [0.15, 0.2) is 5.78 Å². The predicted octanol–water partition coefficient (Wildman–Crippen LogP) is 4.30. The zero-order chi connectivity index (χ0) is 16.1. The van der Waals surface area contributed by atoms with E-state index in [1.807, 2.05) is 13.0 Å². The molecule has 0 aromatic heterocycles. The van der Waals surface area contributed by atoms with E-state index < -0.39 is 0 Å². The Morgan fingerprint density at radius 1 is 1.14 bits per heavy atom. The van der Waals surface area contributed by atoms with Crippen molar-refractivity contribution >= 4 is 33.3 Å². The molecule has 2 aromatic rings. The van der Waals surface area contributed by atoms with Crippen molar-refractivity contribution in [3.05, 3.63) is 58.1 Å². The Morgan fingerprint density at radius 2 is 1.82 bits per heavy atom. The van der Waals surface area contributed by atoms with Crippen molar-refractivity contribution in [3.8, 4) is 5.75 Å². The number of nitrogens with one attached hydrogen (secondary N) is 1. The molecule has 5 heteroatoms. The second-order valence-electron chi connectivity index (χ2n) is 4.66. The van der Waals surface area contributed by atoms with Crippen LogP contribution < -0.4 is 10.1 Å². The fourth-order valence-corrected chi connectivity index (χ4v) is 2.31. The van der Waals surface area contributed by atoms with E-state index in [9.17, 15) is 9.59 Å². The normalized spacial score (nSPS) is 10.1. The van der Waals surface area contributed by atoms with E-state index in [4.69, 9.17) is 4.74 Å². The van der Waals surface area contributed by atoms with Crippen molar-refractivity contribution in [3.63, 3.8) is 0 Å². The Labute approximate surface area is 137 Å². The van der Waals surface area contributed by atoms with Crippen molar-refractivity contribution in [2.45, 2.75) is 13.8 Å². The quantitative estimate of drug-likeness (QED) is 0.807. The van der Waals surface area contributed by atoms with E-state index in [1.54, 1.807) is 36.4 Å². The maximum atomic E-state index is 12.4. The highest BCUT2D eigenvalue weighted by molar-refractivity contribution is 9.10. The number of halogens is 1. The number of Topliss-reactive ketones (excluding diaryl/α,β-unsaturated/α-hetero) is 1.